The van der Waals surface area contributed by atoms with Crippen molar-refractivity contribution in [1.82, 2.24) is 14.5 Å². The molecule has 3 aromatic rings. The van der Waals surface area contributed by atoms with Crippen molar-refractivity contribution < 1.29 is 9.90 Å². The van der Waals surface area contributed by atoms with Gasteiger partial charge in [-0.3, -0.25) is 4.79 Å². The van der Waals surface area contributed by atoms with E-state index in [4.69, 9.17) is 0 Å². The highest BCUT2D eigenvalue weighted by Gasteiger charge is 2.25. The van der Waals surface area contributed by atoms with Crippen LogP contribution in [-0.2, 0) is 11.3 Å². The van der Waals surface area contributed by atoms with Crippen LogP contribution in [0.1, 0.15) is 45.2 Å². The SMILES string of the molecule is CC(C)N(C(=O)Cn1c(C(O)c2ccccc2)nc2ccccc21)C(C)C. The third kappa shape index (κ3) is 3.88. The first-order chi connectivity index (χ1) is 12.9. The molecule has 1 atom stereocenters. The minimum absolute atomic E-state index is 0.0182. The molecule has 0 radical (unpaired) electrons. The zero-order valence-corrected chi connectivity index (χ0v) is 16.3. The summed E-state index contributed by atoms with van der Waals surface area (Å²) in [5.74, 6) is 0.507. The van der Waals surface area contributed by atoms with Gasteiger partial charge in [-0.2, -0.15) is 0 Å². The summed E-state index contributed by atoms with van der Waals surface area (Å²) in [5.41, 5.74) is 2.38. The average Bonchev–Trinajstić information content (AvgIpc) is 2.99. The molecule has 1 unspecified atom stereocenters. The molecular formula is C22H27N3O2. The summed E-state index contributed by atoms with van der Waals surface area (Å²) in [7, 11) is 0. The van der Waals surface area contributed by atoms with E-state index < -0.39 is 6.10 Å². The second-order valence-corrected chi connectivity index (χ2v) is 7.35. The summed E-state index contributed by atoms with van der Waals surface area (Å²) in [6, 6.07) is 17.3. The van der Waals surface area contributed by atoms with E-state index in [1.54, 1.807) is 0 Å². The number of fused-ring (bicyclic) bond motifs is 1. The van der Waals surface area contributed by atoms with Crippen molar-refractivity contribution in [2.24, 2.45) is 0 Å². The van der Waals surface area contributed by atoms with Crippen LogP contribution in [-0.4, -0.2) is 37.5 Å². The number of nitrogens with zero attached hydrogens (tertiary/aromatic N) is 3. The van der Waals surface area contributed by atoms with E-state index in [-0.39, 0.29) is 24.5 Å². The molecule has 0 aliphatic carbocycles. The molecule has 0 saturated heterocycles. The Labute approximate surface area is 160 Å². The zero-order chi connectivity index (χ0) is 19.6. The molecule has 1 aromatic heterocycles. The first kappa shape index (κ1) is 19.1. The molecule has 0 spiro atoms. The normalized spacial score (nSPS) is 12.7. The van der Waals surface area contributed by atoms with Gasteiger partial charge in [0.1, 0.15) is 18.5 Å². The molecule has 0 aliphatic heterocycles. The Kier molecular flexibility index (Phi) is 5.61. The van der Waals surface area contributed by atoms with Gasteiger partial charge in [-0.1, -0.05) is 42.5 Å². The van der Waals surface area contributed by atoms with Crippen molar-refractivity contribution in [1.29, 1.82) is 0 Å². The van der Waals surface area contributed by atoms with Crippen molar-refractivity contribution in [2.45, 2.75) is 52.4 Å². The van der Waals surface area contributed by atoms with Crippen molar-refractivity contribution >= 4 is 16.9 Å². The Balaban J connectivity index is 2.04. The van der Waals surface area contributed by atoms with Crippen LogP contribution in [0.3, 0.4) is 0 Å². The summed E-state index contributed by atoms with van der Waals surface area (Å²) in [6.07, 6.45) is -0.891. The molecule has 1 amide bonds. The second-order valence-electron chi connectivity index (χ2n) is 7.35. The van der Waals surface area contributed by atoms with E-state index in [1.807, 2.05) is 91.8 Å². The fourth-order valence-electron chi connectivity index (χ4n) is 3.64. The minimum atomic E-state index is -0.891. The highest BCUT2D eigenvalue weighted by Crippen LogP contribution is 2.26. The molecule has 27 heavy (non-hydrogen) atoms. The highest BCUT2D eigenvalue weighted by molar-refractivity contribution is 5.81. The van der Waals surface area contributed by atoms with Crippen LogP contribution in [0.15, 0.2) is 54.6 Å². The fraction of sp³-hybridized carbons (Fsp3) is 0.364. The van der Waals surface area contributed by atoms with Crippen LogP contribution in [0.5, 0.6) is 0 Å². The van der Waals surface area contributed by atoms with E-state index in [9.17, 15) is 9.90 Å². The van der Waals surface area contributed by atoms with Gasteiger partial charge in [-0.05, 0) is 45.4 Å². The van der Waals surface area contributed by atoms with Crippen LogP contribution in [0.4, 0.5) is 0 Å². The van der Waals surface area contributed by atoms with Crippen LogP contribution < -0.4 is 0 Å². The van der Waals surface area contributed by atoms with Crippen molar-refractivity contribution in [3.63, 3.8) is 0 Å². The summed E-state index contributed by atoms with van der Waals surface area (Å²) < 4.78 is 1.84. The molecular weight excluding hydrogens is 338 g/mol. The van der Waals surface area contributed by atoms with Gasteiger partial charge in [0.25, 0.3) is 0 Å². The lowest BCUT2D eigenvalue weighted by molar-refractivity contribution is -0.135. The predicted molar refractivity (Wildman–Crippen MR) is 107 cm³/mol. The van der Waals surface area contributed by atoms with Gasteiger partial charge in [0.2, 0.25) is 5.91 Å². The maximum atomic E-state index is 13.0. The lowest BCUT2D eigenvalue weighted by atomic mass is 10.1. The number of carbonyl (C=O) groups excluding carboxylic acids is 1. The minimum Gasteiger partial charge on any atom is -0.380 e. The lowest BCUT2D eigenvalue weighted by Gasteiger charge is -2.31. The smallest absolute Gasteiger partial charge is 0.243 e. The molecule has 3 rings (SSSR count). The maximum Gasteiger partial charge on any atom is 0.243 e. The van der Waals surface area contributed by atoms with Crippen LogP contribution in [0, 0.1) is 0 Å². The lowest BCUT2D eigenvalue weighted by Crippen LogP contribution is -2.43. The van der Waals surface area contributed by atoms with Gasteiger partial charge in [0, 0.05) is 12.1 Å². The molecule has 0 fully saturated rings. The average molecular weight is 365 g/mol. The van der Waals surface area contributed by atoms with E-state index in [2.05, 4.69) is 4.98 Å². The van der Waals surface area contributed by atoms with Gasteiger partial charge < -0.3 is 14.6 Å². The van der Waals surface area contributed by atoms with Gasteiger partial charge in [0.05, 0.1) is 11.0 Å². The number of para-hydroxylation sites is 2. The molecule has 5 nitrogen and oxygen atoms in total. The topological polar surface area (TPSA) is 58.4 Å². The monoisotopic (exact) mass is 365 g/mol. The molecule has 5 heteroatoms. The molecule has 0 bridgehead atoms. The number of benzene rings is 2. The van der Waals surface area contributed by atoms with Crippen molar-refractivity contribution in [2.75, 3.05) is 0 Å². The van der Waals surface area contributed by atoms with Crippen molar-refractivity contribution in [3.8, 4) is 0 Å². The van der Waals surface area contributed by atoms with E-state index >= 15 is 0 Å². The Bertz CT molecular complexity index is 908. The Morgan fingerprint density at radius 2 is 1.59 bits per heavy atom. The number of imidazole rings is 1. The number of amides is 1. The first-order valence-electron chi connectivity index (χ1n) is 9.39. The van der Waals surface area contributed by atoms with Crippen LogP contribution >= 0.6 is 0 Å². The molecule has 0 aliphatic rings. The second kappa shape index (κ2) is 7.92. The first-order valence-corrected chi connectivity index (χ1v) is 9.39. The largest absolute Gasteiger partial charge is 0.380 e. The number of hydrogen-bond donors (Lipinski definition) is 1. The maximum absolute atomic E-state index is 13.0. The van der Waals surface area contributed by atoms with Crippen LogP contribution in [0.25, 0.3) is 11.0 Å². The Hall–Kier alpha value is -2.66. The predicted octanol–water partition coefficient (Wildman–Crippen LogP) is 3.76. The molecule has 142 valence electrons. The summed E-state index contributed by atoms with van der Waals surface area (Å²) in [4.78, 5) is 19.5. The van der Waals surface area contributed by atoms with Gasteiger partial charge in [-0.25, -0.2) is 4.98 Å². The molecule has 1 heterocycles. The van der Waals surface area contributed by atoms with E-state index in [0.717, 1.165) is 16.6 Å². The number of carbonyl (C=O) groups is 1. The zero-order valence-electron chi connectivity index (χ0n) is 16.3. The Morgan fingerprint density at radius 3 is 2.22 bits per heavy atom. The molecule has 2 aromatic carbocycles. The number of aliphatic hydroxyl groups excluding tert-OH is 1. The quantitative estimate of drug-likeness (QED) is 0.723. The molecule has 1 N–H and O–H groups in total. The molecule has 0 saturated carbocycles. The third-order valence-corrected chi connectivity index (χ3v) is 4.74. The number of hydrogen-bond acceptors (Lipinski definition) is 3. The number of rotatable bonds is 6. The van der Waals surface area contributed by atoms with Gasteiger partial charge in [0.15, 0.2) is 0 Å². The van der Waals surface area contributed by atoms with Crippen molar-refractivity contribution in [3.05, 3.63) is 66.0 Å². The van der Waals surface area contributed by atoms with Crippen LogP contribution in [0.2, 0.25) is 0 Å². The fourth-order valence-corrected chi connectivity index (χ4v) is 3.64. The standard InChI is InChI=1S/C22H27N3O2/c1-15(2)25(16(3)4)20(26)14-24-19-13-9-8-12-18(19)23-22(24)21(27)17-10-6-5-7-11-17/h5-13,15-16,21,27H,14H2,1-4H3. The summed E-state index contributed by atoms with van der Waals surface area (Å²) in [5, 5.41) is 10.9. The highest BCUT2D eigenvalue weighted by atomic mass is 16.3. The number of aromatic nitrogens is 2. The van der Waals surface area contributed by atoms with Gasteiger partial charge >= 0.3 is 0 Å². The Morgan fingerprint density at radius 1 is 1.00 bits per heavy atom. The summed E-state index contributed by atoms with van der Waals surface area (Å²) >= 11 is 0. The number of aliphatic hydroxyl groups is 1. The third-order valence-electron chi connectivity index (χ3n) is 4.74. The van der Waals surface area contributed by atoms with E-state index in [0.29, 0.717) is 5.82 Å². The van der Waals surface area contributed by atoms with Gasteiger partial charge in [-0.15, -0.1) is 0 Å². The summed E-state index contributed by atoms with van der Waals surface area (Å²) in [6.45, 7) is 8.22. The van der Waals surface area contributed by atoms with E-state index in [1.165, 1.54) is 0 Å².